The van der Waals surface area contributed by atoms with Gasteiger partial charge in [-0.2, -0.15) is 0 Å². The smallest absolute Gasteiger partial charge is 0.142 e. The van der Waals surface area contributed by atoms with Gasteiger partial charge in [0.05, 0.1) is 5.02 Å². The van der Waals surface area contributed by atoms with Crippen LogP contribution in [0.15, 0.2) is 12.1 Å². The Hall–Kier alpha value is -0.350. The molecule has 0 heterocycles. The average molecular weight is 223 g/mol. The van der Waals surface area contributed by atoms with Crippen LogP contribution in [0.4, 0.5) is 4.39 Å². The van der Waals surface area contributed by atoms with Crippen LogP contribution < -0.4 is 11.3 Å². The van der Waals surface area contributed by atoms with Crippen molar-refractivity contribution in [3.8, 4) is 0 Å². The van der Waals surface area contributed by atoms with Crippen molar-refractivity contribution >= 4 is 23.2 Å². The number of hydrazine groups is 1. The van der Waals surface area contributed by atoms with Crippen LogP contribution in [-0.4, -0.2) is 0 Å². The van der Waals surface area contributed by atoms with E-state index in [0.29, 0.717) is 10.6 Å². The van der Waals surface area contributed by atoms with Gasteiger partial charge in [-0.3, -0.25) is 11.3 Å². The van der Waals surface area contributed by atoms with E-state index in [1.54, 1.807) is 6.92 Å². The number of halogens is 3. The lowest BCUT2D eigenvalue weighted by molar-refractivity contribution is 0.586. The first-order chi connectivity index (χ1) is 6.06. The van der Waals surface area contributed by atoms with E-state index in [1.165, 1.54) is 12.1 Å². The van der Waals surface area contributed by atoms with Gasteiger partial charge in [0, 0.05) is 11.1 Å². The van der Waals surface area contributed by atoms with E-state index >= 15 is 0 Å². The second-order valence-electron chi connectivity index (χ2n) is 2.68. The molecule has 3 N–H and O–H groups in total. The summed E-state index contributed by atoms with van der Waals surface area (Å²) in [6.45, 7) is 1.77. The molecule has 0 bridgehead atoms. The molecule has 0 fully saturated rings. The maximum Gasteiger partial charge on any atom is 0.142 e. The van der Waals surface area contributed by atoms with Gasteiger partial charge in [0.2, 0.25) is 0 Å². The molecular weight excluding hydrogens is 214 g/mol. The fraction of sp³-hybridized carbons (Fsp3) is 0.250. The molecule has 0 saturated heterocycles. The van der Waals surface area contributed by atoms with Crippen LogP contribution in [0, 0.1) is 5.82 Å². The van der Waals surface area contributed by atoms with E-state index < -0.39 is 5.82 Å². The van der Waals surface area contributed by atoms with Crippen molar-refractivity contribution < 1.29 is 4.39 Å². The highest BCUT2D eigenvalue weighted by Gasteiger charge is 2.11. The summed E-state index contributed by atoms with van der Waals surface area (Å²) in [5.74, 6) is 4.70. The van der Waals surface area contributed by atoms with Crippen LogP contribution in [0.1, 0.15) is 18.5 Å². The van der Waals surface area contributed by atoms with E-state index in [4.69, 9.17) is 29.0 Å². The van der Waals surface area contributed by atoms with Gasteiger partial charge in [0.15, 0.2) is 0 Å². The van der Waals surface area contributed by atoms with Crippen molar-refractivity contribution in [1.29, 1.82) is 0 Å². The molecule has 1 aromatic rings. The summed E-state index contributed by atoms with van der Waals surface area (Å²) in [4.78, 5) is 0. The number of nitrogens with one attached hydrogen (secondary N) is 1. The number of benzene rings is 1. The molecule has 0 aromatic heterocycles. The minimum atomic E-state index is -0.497. The third-order valence-electron chi connectivity index (χ3n) is 1.76. The lowest BCUT2D eigenvalue weighted by Crippen LogP contribution is -2.25. The number of hydrogen-bond acceptors (Lipinski definition) is 2. The van der Waals surface area contributed by atoms with Gasteiger partial charge in [-0.25, -0.2) is 4.39 Å². The zero-order valence-electron chi connectivity index (χ0n) is 6.94. The third-order valence-corrected chi connectivity index (χ3v) is 2.37. The summed E-state index contributed by atoms with van der Waals surface area (Å²) < 4.78 is 13.0. The molecule has 1 rings (SSSR count). The van der Waals surface area contributed by atoms with Crippen LogP contribution in [0.2, 0.25) is 10.0 Å². The standard InChI is InChI=1S/C8H9Cl2FN2/c1-4(13-12)5-2-8(11)7(10)3-6(5)9/h2-4,13H,12H2,1H3/t4-/m0/s1. The predicted octanol–water partition coefficient (Wildman–Crippen LogP) is 2.66. The maximum atomic E-state index is 13.0. The molecule has 0 amide bonds. The molecule has 0 aliphatic heterocycles. The summed E-state index contributed by atoms with van der Waals surface area (Å²) in [5, 5.41) is 0.412. The Balaban J connectivity index is 3.15. The highest BCUT2D eigenvalue weighted by Crippen LogP contribution is 2.27. The molecule has 1 aromatic carbocycles. The van der Waals surface area contributed by atoms with E-state index in [2.05, 4.69) is 5.43 Å². The minimum Gasteiger partial charge on any atom is -0.271 e. The van der Waals surface area contributed by atoms with E-state index in [1.807, 2.05) is 0 Å². The first kappa shape index (κ1) is 10.7. The van der Waals surface area contributed by atoms with Crippen LogP contribution in [0.3, 0.4) is 0 Å². The molecule has 5 heteroatoms. The van der Waals surface area contributed by atoms with Gasteiger partial charge in [0.1, 0.15) is 5.82 Å². The second kappa shape index (κ2) is 4.24. The van der Waals surface area contributed by atoms with Crippen molar-refractivity contribution in [3.05, 3.63) is 33.6 Å². The maximum absolute atomic E-state index is 13.0. The topological polar surface area (TPSA) is 38.0 Å². The quantitative estimate of drug-likeness (QED) is 0.459. The fourth-order valence-electron chi connectivity index (χ4n) is 0.960. The Labute approximate surface area is 85.8 Å². The molecule has 0 unspecified atom stereocenters. The molecule has 72 valence electrons. The summed E-state index contributed by atoms with van der Waals surface area (Å²) in [5.41, 5.74) is 3.06. The Morgan fingerprint density at radius 1 is 1.38 bits per heavy atom. The number of nitrogens with two attached hydrogens (primary N) is 1. The SMILES string of the molecule is C[C@H](NN)c1cc(F)c(Cl)cc1Cl. The van der Waals surface area contributed by atoms with Gasteiger partial charge in [0.25, 0.3) is 0 Å². The van der Waals surface area contributed by atoms with Crippen LogP contribution in [0.5, 0.6) is 0 Å². The Morgan fingerprint density at radius 3 is 2.54 bits per heavy atom. The summed E-state index contributed by atoms with van der Waals surface area (Å²) in [7, 11) is 0. The summed E-state index contributed by atoms with van der Waals surface area (Å²) in [6, 6.07) is 2.43. The van der Waals surface area contributed by atoms with Gasteiger partial charge in [-0.05, 0) is 24.6 Å². The van der Waals surface area contributed by atoms with Gasteiger partial charge >= 0.3 is 0 Å². The van der Waals surface area contributed by atoms with Crippen LogP contribution in [0.25, 0.3) is 0 Å². The highest BCUT2D eigenvalue weighted by atomic mass is 35.5. The minimum absolute atomic E-state index is 0.0120. The van der Waals surface area contributed by atoms with E-state index in [9.17, 15) is 4.39 Å². The monoisotopic (exact) mass is 222 g/mol. The molecule has 2 nitrogen and oxygen atoms in total. The fourth-order valence-corrected chi connectivity index (χ4v) is 1.51. The Bertz CT molecular complexity index is 317. The first-order valence-corrected chi connectivity index (χ1v) is 4.42. The van der Waals surface area contributed by atoms with Crippen LogP contribution >= 0.6 is 23.2 Å². The van der Waals surface area contributed by atoms with Crippen molar-refractivity contribution in [1.82, 2.24) is 5.43 Å². The molecule has 0 saturated carbocycles. The molecule has 0 spiro atoms. The predicted molar refractivity (Wildman–Crippen MR) is 52.2 cm³/mol. The molecule has 0 aliphatic rings. The zero-order valence-corrected chi connectivity index (χ0v) is 8.46. The second-order valence-corrected chi connectivity index (χ2v) is 3.49. The lowest BCUT2D eigenvalue weighted by Gasteiger charge is -2.12. The van der Waals surface area contributed by atoms with E-state index in [-0.39, 0.29) is 11.1 Å². The first-order valence-electron chi connectivity index (χ1n) is 3.67. The normalized spacial score (nSPS) is 13.0. The highest BCUT2D eigenvalue weighted by molar-refractivity contribution is 6.35. The largest absolute Gasteiger partial charge is 0.271 e. The van der Waals surface area contributed by atoms with Crippen molar-refractivity contribution in [3.63, 3.8) is 0 Å². The van der Waals surface area contributed by atoms with Crippen molar-refractivity contribution in [2.75, 3.05) is 0 Å². The summed E-state index contributed by atoms with van der Waals surface area (Å²) >= 11 is 11.4. The average Bonchev–Trinajstić information content (AvgIpc) is 2.10. The molecular formula is C8H9Cl2FN2. The molecule has 13 heavy (non-hydrogen) atoms. The molecule has 0 radical (unpaired) electrons. The Morgan fingerprint density at radius 2 is 2.00 bits per heavy atom. The van der Waals surface area contributed by atoms with Gasteiger partial charge in [-0.15, -0.1) is 0 Å². The Kier molecular flexibility index (Phi) is 3.50. The number of hydrogen-bond donors (Lipinski definition) is 2. The zero-order chi connectivity index (χ0) is 10.0. The van der Waals surface area contributed by atoms with E-state index in [0.717, 1.165) is 0 Å². The van der Waals surface area contributed by atoms with Crippen molar-refractivity contribution in [2.45, 2.75) is 13.0 Å². The van der Waals surface area contributed by atoms with Gasteiger partial charge in [-0.1, -0.05) is 23.2 Å². The molecule has 1 atom stereocenters. The lowest BCUT2D eigenvalue weighted by atomic mass is 10.1. The molecule has 0 aliphatic carbocycles. The van der Waals surface area contributed by atoms with Gasteiger partial charge < -0.3 is 0 Å². The third kappa shape index (κ3) is 2.31. The summed E-state index contributed by atoms with van der Waals surface area (Å²) in [6.07, 6.45) is 0. The van der Waals surface area contributed by atoms with Crippen LogP contribution in [-0.2, 0) is 0 Å². The number of rotatable bonds is 2. The van der Waals surface area contributed by atoms with Crippen molar-refractivity contribution in [2.24, 2.45) is 5.84 Å².